The summed E-state index contributed by atoms with van der Waals surface area (Å²) < 4.78 is 11.1. The second-order valence-electron chi connectivity index (χ2n) is 28.3. The normalized spacial score (nSPS) is 24.4. The molecule has 0 aromatic heterocycles. The fourth-order valence-corrected chi connectivity index (χ4v) is 14.6. The molecule has 4 amide bonds. The van der Waals surface area contributed by atoms with Crippen LogP contribution in [0.4, 0.5) is 9.59 Å². The lowest BCUT2D eigenvalue weighted by Crippen LogP contribution is -2.48. The third-order valence-corrected chi connectivity index (χ3v) is 19.6. The highest BCUT2D eigenvalue weighted by Crippen LogP contribution is 2.42. The molecule has 10 atom stereocenters. The number of fused-ring (bicyclic) bond motifs is 2. The number of carbonyl (C=O) groups excluding carboxylic acids is 7. The Labute approximate surface area is 504 Å². The van der Waals surface area contributed by atoms with Crippen LogP contribution in [-0.4, -0.2) is 130 Å². The predicted molar refractivity (Wildman–Crippen MR) is 331 cm³/mol. The molecule has 14 heteroatoms. The van der Waals surface area contributed by atoms with Crippen molar-refractivity contribution in [2.45, 2.75) is 257 Å². The molecule has 464 valence electrons. The molecule has 0 unspecified atom stereocenters. The maximum atomic E-state index is 14.5. The Morgan fingerprint density at radius 3 is 1.46 bits per heavy atom. The van der Waals surface area contributed by atoms with Gasteiger partial charge in [-0.2, -0.15) is 0 Å². The van der Waals surface area contributed by atoms with Crippen molar-refractivity contribution in [3.05, 3.63) is 82.9 Å². The van der Waals surface area contributed by atoms with Gasteiger partial charge in [-0.3, -0.25) is 24.0 Å². The summed E-state index contributed by atoms with van der Waals surface area (Å²) in [6.07, 6.45) is 18.5. The molecule has 2 saturated heterocycles. The Bertz CT molecular complexity index is 2450. The molecule has 4 fully saturated rings. The summed E-state index contributed by atoms with van der Waals surface area (Å²) in [5, 5.41) is 0. The zero-order valence-electron chi connectivity index (χ0n) is 53.3. The van der Waals surface area contributed by atoms with Gasteiger partial charge in [0, 0.05) is 64.3 Å². The molecule has 0 spiro atoms. The van der Waals surface area contributed by atoms with Crippen molar-refractivity contribution in [2.75, 3.05) is 27.2 Å². The van der Waals surface area contributed by atoms with Crippen molar-refractivity contribution in [2.24, 2.45) is 35.3 Å². The number of aryl methyl sites for hydroxylation is 2. The number of Topliss-reactive ketones (excluding diaryl/α,β-unsaturated/α-hetero) is 3. The first-order valence-electron chi connectivity index (χ1n) is 32.4. The predicted octanol–water partition coefficient (Wildman–Crippen LogP) is 13.1. The number of ketones is 3. The molecule has 2 aromatic carbocycles. The number of benzene rings is 2. The number of hydrogen-bond donors (Lipinski definition) is 1. The second kappa shape index (κ2) is 29.3. The molecule has 0 bridgehead atoms. The number of amides is 4. The van der Waals surface area contributed by atoms with E-state index >= 15 is 0 Å². The Morgan fingerprint density at radius 2 is 1.00 bits per heavy atom. The smallest absolute Gasteiger partial charge is 0.410 e. The van der Waals surface area contributed by atoms with E-state index in [4.69, 9.17) is 15.2 Å². The molecular weight excluding hydrogens is 1050 g/mol. The van der Waals surface area contributed by atoms with Crippen molar-refractivity contribution in [3.63, 3.8) is 0 Å². The Balaban J connectivity index is 0.000000241. The molecule has 8 rings (SSSR count). The summed E-state index contributed by atoms with van der Waals surface area (Å²) in [6.45, 7) is 22.1. The zero-order chi connectivity index (χ0) is 61.2. The average molecular weight is 1160 g/mol. The van der Waals surface area contributed by atoms with E-state index in [2.05, 4.69) is 56.0 Å². The highest BCUT2D eigenvalue weighted by atomic mass is 16.6. The lowest BCUT2D eigenvalue weighted by atomic mass is 9.75. The van der Waals surface area contributed by atoms with E-state index in [-0.39, 0.29) is 89.4 Å². The van der Waals surface area contributed by atoms with Gasteiger partial charge < -0.3 is 34.8 Å². The zero-order valence-corrected chi connectivity index (χ0v) is 53.3. The van der Waals surface area contributed by atoms with Crippen molar-refractivity contribution < 1.29 is 43.0 Å². The first-order chi connectivity index (χ1) is 39.7. The van der Waals surface area contributed by atoms with Gasteiger partial charge in [-0.05, 0) is 191 Å². The minimum atomic E-state index is -0.733. The lowest BCUT2D eigenvalue weighted by molar-refractivity contribution is -0.145. The third kappa shape index (κ3) is 17.4. The van der Waals surface area contributed by atoms with Crippen LogP contribution in [0.1, 0.15) is 225 Å². The van der Waals surface area contributed by atoms with Crippen LogP contribution in [0.25, 0.3) is 0 Å². The topological polar surface area (TPSA) is 177 Å². The molecule has 2 N–H and O–H groups in total. The van der Waals surface area contributed by atoms with E-state index in [1.54, 1.807) is 51.6 Å². The first kappa shape index (κ1) is 66.2. The fraction of sp³-hybridized carbons (Fsp3) is 0.700. The van der Waals surface area contributed by atoms with Gasteiger partial charge in [0.2, 0.25) is 11.8 Å². The van der Waals surface area contributed by atoms with Crippen molar-refractivity contribution in [1.29, 1.82) is 0 Å². The summed E-state index contributed by atoms with van der Waals surface area (Å²) in [4.78, 5) is 102. The number of nitrogens with zero attached hydrogens (tertiary/aromatic N) is 4. The molecule has 4 aliphatic carbocycles. The molecule has 2 saturated carbocycles. The molecule has 0 radical (unpaired) electrons. The van der Waals surface area contributed by atoms with Crippen LogP contribution in [0.5, 0.6) is 0 Å². The quantitative estimate of drug-likeness (QED) is 0.141. The fourth-order valence-electron chi connectivity index (χ4n) is 14.6. The lowest BCUT2D eigenvalue weighted by Gasteiger charge is -2.37. The standard InChI is InChI=1S/C36H54N2O4.C34H51N3O5/c1-24-20-32(33(39)22-29-18-13-17-27-16-11-12-19-30(27)29)38(23-24)34(40)31(28-14-9-8-10-15-28)21-25(2)26(3)37(7)35(41)42-36(4,5)6;1-22(36(5)33(41)42-34(2,3)4)30(38)20-28(24-12-7-6-8-13-24)32(40)37-21-26(35)19-29(37)31(39)18-25-16-11-15-23-14-9-10-17-27(23)25/h11-12,16,19,24,26,28-29,31-32H,2,8-10,13-15,17-18,20-23H2,1,3-7H3;9-10,14,17,22,24-26,28-29H,6-8,11-13,15-16,18-21,35H2,1-5H3/t24-,26-,29-,31-,32-;22-,25-,26-,28-,29-/m00/s1. The monoisotopic (exact) mass is 1160 g/mol. The molecule has 6 aliphatic rings. The van der Waals surface area contributed by atoms with Gasteiger partial charge in [-0.1, -0.05) is 106 Å². The summed E-state index contributed by atoms with van der Waals surface area (Å²) in [6, 6.07) is 14.8. The third-order valence-electron chi connectivity index (χ3n) is 19.6. The van der Waals surface area contributed by atoms with E-state index in [0.717, 1.165) is 108 Å². The van der Waals surface area contributed by atoms with E-state index < -0.39 is 35.3 Å². The van der Waals surface area contributed by atoms with Crippen LogP contribution < -0.4 is 5.73 Å². The number of hydrogen-bond acceptors (Lipinski definition) is 10. The Hall–Kier alpha value is -5.37. The van der Waals surface area contributed by atoms with E-state index in [0.29, 0.717) is 44.7 Å². The number of rotatable bonds is 18. The van der Waals surface area contributed by atoms with Crippen LogP contribution in [0, 0.1) is 29.6 Å². The van der Waals surface area contributed by atoms with Gasteiger partial charge in [0.05, 0.1) is 24.2 Å². The molecular formula is C70H105N5O9. The second-order valence-corrected chi connectivity index (χ2v) is 28.3. The van der Waals surface area contributed by atoms with Crippen LogP contribution in [-0.2, 0) is 46.3 Å². The summed E-state index contributed by atoms with van der Waals surface area (Å²) >= 11 is 0. The van der Waals surface area contributed by atoms with Crippen LogP contribution in [0.3, 0.4) is 0 Å². The number of likely N-dealkylation sites (N-methyl/N-ethyl adjacent to an activating group) is 2. The average Bonchev–Trinajstić information content (AvgIpc) is 3.28. The summed E-state index contributed by atoms with van der Waals surface area (Å²) in [5.74, 6) is 0.423. The van der Waals surface area contributed by atoms with Gasteiger partial charge in [-0.15, -0.1) is 0 Å². The van der Waals surface area contributed by atoms with Gasteiger partial charge in [0.1, 0.15) is 11.2 Å². The summed E-state index contributed by atoms with van der Waals surface area (Å²) in [7, 11) is 3.30. The summed E-state index contributed by atoms with van der Waals surface area (Å²) in [5.41, 5.74) is 11.2. The van der Waals surface area contributed by atoms with Crippen LogP contribution in [0.15, 0.2) is 60.7 Å². The molecule has 2 aromatic rings. The SMILES string of the molecule is C=C(C[C@H](C(=O)N1C[C@@H](C)C[C@H]1C(=O)C[C@@H]1CCCc2ccccc21)C1CCCCC1)[C@H](C)N(C)C(=O)OC(C)(C)C.C[C@@H](C(=O)C[C@H](C(=O)N1C[C@@H](N)C[C@H]1C(=O)C[C@@H]1CCCc2ccccc21)C1CCCCC1)N(C)C(=O)OC(C)(C)C. The minimum Gasteiger partial charge on any atom is -0.444 e. The number of likely N-dealkylation sites (tertiary alicyclic amines) is 2. The molecule has 2 aliphatic heterocycles. The van der Waals surface area contributed by atoms with Crippen LogP contribution >= 0.6 is 0 Å². The highest BCUT2D eigenvalue weighted by Gasteiger charge is 2.46. The van der Waals surface area contributed by atoms with E-state index in [9.17, 15) is 33.6 Å². The van der Waals surface area contributed by atoms with Crippen molar-refractivity contribution in [3.8, 4) is 0 Å². The maximum absolute atomic E-state index is 14.5. The largest absolute Gasteiger partial charge is 0.444 e. The van der Waals surface area contributed by atoms with Crippen molar-refractivity contribution >= 4 is 41.4 Å². The maximum Gasteiger partial charge on any atom is 0.410 e. The van der Waals surface area contributed by atoms with Gasteiger partial charge in [-0.25, -0.2) is 9.59 Å². The molecule has 2 heterocycles. The van der Waals surface area contributed by atoms with Crippen molar-refractivity contribution in [1.82, 2.24) is 19.6 Å². The number of ether oxygens (including phenoxy) is 2. The first-order valence-corrected chi connectivity index (χ1v) is 32.4. The van der Waals surface area contributed by atoms with Crippen LogP contribution in [0.2, 0.25) is 0 Å². The highest BCUT2D eigenvalue weighted by molar-refractivity contribution is 5.95. The van der Waals surface area contributed by atoms with Gasteiger partial charge in [0.25, 0.3) is 0 Å². The number of carbonyl (C=O) groups is 7. The van der Waals surface area contributed by atoms with Gasteiger partial charge in [0.15, 0.2) is 17.3 Å². The van der Waals surface area contributed by atoms with E-state index in [1.807, 2.05) is 38.7 Å². The minimum absolute atomic E-state index is 0.0421. The number of nitrogens with two attached hydrogens (primary N) is 1. The Morgan fingerprint density at radius 1 is 0.583 bits per heavy atom. The molecule has 84 heavy (non-hydrogen) atoms. The molecule has 14 nitrogen and oxygen atoms in total. The van der Waals surface area contributed by atoms with Gasteiger partial charge >= 0.3 is 12.2 Å². The Kier molecular flexibility index (Phi) is 23.1. The van der Waals surface area contributed by atoms with E-state index in [1.165, 1.54) is 33.6 Å².